The minimum absolute atomic E-state index is 0.548. The van der Waals surface area contributed by atoms with Crippen LogP contribution < -0.4 is 5.32 Å². The van der Waals surface area contributed by atoms with E-state index in [0.29, 0.717) is 28.1 Å². The third kappa shape index (κ3) is 3.68. The maximum absolute atomic E-state index is 6.17. The first kappa shape index (κ1) is 18.7. The first-order chi connectivity index (χ1) is 14.2. The molecule has 5 nitrogen and oxygen atoms in total. The fourth-order valence-corrected chi connectivity index (χ4v) is 5.23. The molecule has 0 bridgehead atoms. The number of anilines is 1. The number of aryl methyl sites for hydroxylation is 2. The van der Waals surface area contributed by atoms with Crippen LogP contribution in [-0.4, -0.2) is 19.9 Å². The molecule has 3 heterocycles. The molecule has 5 rings (SSSR count). The monoisotopic (exact) mass is 441 g/mol. The summed E-state index contributed by atoms with van der Waals surface area (Å²) in [6.45, 7) is 0.591. The van der Waals surface area contributed by atoms with E-state index in [4.69, 9.17) is 33.2 Å². The summed E-state index contributed by atoms with van der Waals surface area (Å²) in [5, 5.41) is 5.74. The number of hydrogen-bond donors (Lipinski definition) is 1. The van der Waals surface area contributed by atoms with Crippen LogP contribution in [-0.2, 0) is 19.4 Å². The number of benzene rings is 1. The number of nitrogens with zero attached hydrogens (tertiary/aromatic N) is 4. The molecule has 8 heteroatoms. The molecule has 29 heavy (non-hydrogen) atoms. The molecule has 0 atom stereocenters. The van der Waals surface area contributed by atoms with E-state index in [1.165, 1.54) is 23.3 Å². The SMILES string of the molecule is Clc1ccc(CNc2nc(-c3cnccn3)nc3sc4c(c23)CCCC4)cc1Cl. The Balaban J connectivity index is 1.59. The van der Waals surface area contributed by atoms with Crippen molar-refractivity contribution >= 4 is 50.6 Å². The molecule has 0 spiro atoms. The van der Waals surface area contributed by atoms with E-state index in [9.17, 15) is 0 Å². The summed E-state index contributed by atoms with van der Waals surface area (Å²) in [5.41, 5.74) is 3.09. The summed E-state index contributed by atoms with van der Waals surface area (Å²) >= 11 is 14.0. The van der Waals surface area contributed by atoms with Crippen LogP contribution in [0.1, 0.15) is 28.8 Å². The number of hydrogen-bond acceptors (Lipinski definition) is 6. The fraction of sp³-hybridized carbons (Fsp3) is 0.238. The molecule has 0 fully saturated rings. The van der Waals surface area contributed by atoms with Crippen molar-refractivity contribution in [2.75, 3.05) is 5.32 Å². The van der Waals surface area contributed by atoms with Crippen LogP contribution in [0.4, 0.5) is 5.82 Å². The van der Waals surface area contributed by atoms with Crippen LogP contribution in [0.3, 0.4) is 0 Å². The molecule has 4 aromatic rings. The van der Waals surface area contributed by atoms with Crippen molar-refractivity contribution in [2.45, 2.75) is 32.2 Å². The Labute approximate surface area is 182 Å². The lowest BCUT2D eigenvalue weighted by Gasteiger charge is -2.13. The fourth-order valence-electron chi connectivity index (χ4n) is 3.65. The summed E-state index contributed by atoms with van der Waals surface area (Å²) in [6, 6.07) is 5.65. The molecule has 0 radical (unpaired) electrons. The number of nitrogens with one attached hydrogen (secondary N) is 1. The standard InChI is InChI=1S/C21H17Cl2N5S/c22-14-6-5-12(9-15(14)23)10-26-20-18-13-3-1-2-4-17(13)29-21(18)28-19(27-20)16-11-24-7-8-25-16/h5-9,11H,1-4,10H2,(H,26,27,28). The third-order valence-corrected chi connectivity index (χ3v) is 6.98. The Kier molecular flexibility index (Phi) is 5.08. The lowest BCUT2D eigenvalue weighted by molar-refractivity contribution is 0.700. The number of thiophene rings is 1. The maximum Gasteiger partial charge on any atom is 0.183 e. The van der Waals surface area contributed by atoms with Crippen LogP contribution in [0.25, 0.3) is 21.7 Å². The number of halogens is 2. The van der Waals surface area contributed by atoms with Gasteiger partial charge in [-0.05, 0) is 48.9 Å². The van der Waals surface area contributed by atoms with Crippen LogP contribution in [0.5, 0.6) is 0 Å². The van der Waals surface area contributed by atoms with Crippen LogP contribution in [0.2, 0.25) is 10.0 Å². The second kappa shape index (κ2) is 7.86. The lowest BCUT2D eigenvalue weighted by Crippen LogP contribution is -2.06. The van der Waals surface area contributed by atoms with Crippen molar-refractivity contribution in [3.8, 4) is 11.5 Å². The zero-order valence-electron chi connectivity index (χ0n) is 15.5. The van der Waals surface area contributed by atoms with Crippen LogP contribution in [0, 0.1) is 0 Å². The van der Waals surface area contributed by atoms with Crippen molar-refractivity contribution < 1.29 is 0 Å². The number of aromatic nitrogens is 4. The van der Waals surface area contributed by atoms with Gasteiger partial charge in [-0.3, -0.25) is 4.98 Å². The zero-order chi connectivity index (χ0) is 19.8. The lowest BCUT2D eigenvalue weighted by atomic mass is 9.97. The van der Waals surface area contributed by atoms with Gasteiger partial charge in [0.1, 0.15) is 16.3 Å². The van der Waals surface area contributed by atoms with Crippen LogP contribution >= 0.6 is 34.5 Å². The van der Waals surface area contributed by atoms with Gasteiger partial charge in [0.25, 0.3) is 0 Å². The highest BCUT2D eigenvalue weighted by Gasteiger charge is 2.22. The zero-order valence-corrected chi connectivity index (χ0v) is 17.8. The van der Waals surface area contributed by atoms with E-state index in [-0.39, 0.29) is 0 Å². The first-order valence-corrected chi connectivity index (χ1v) is 11.0. The Hall–Kier alpha value is -2.28. The molecule has 0 saturated heterocycles. The first-order valence-electron chi connectivity index (χ1n) is 9.45. The van der Waals surface area contributed by atoms with Gasteiger partial charge in [0.2, 0.25) is 0 Å². The quantitative estimate of drug-likeness (QED) is 0.423. The Morgan fingerprint density at radius 3 is 2.76 bits per heavy atom. The highest BCUT2D eigenvalue weighted by atomic mass is 35.5. The van der Waals surface area contributed by atoms with E-state index in [1.54, 1.807) is 29.9 Å². The largest absolute Gasteiger partial charge is 0.365 e. The van der Waals surface area contributed by atoms with Gasteiger partial charge in [0.05, 0.1) is 21.6 Å². The maximum atomic E-state index is 6.17. The number of rotatable bonds is 4. The minimum Gasteiger partial charge on any atom is -0.365 e. The summed E-state index contributed by atoms with van der Waals surface area (Å²) in [6.07, 6.45) is 9.62. The second-order valence-electron chi connectivity index (χ2n) is 6.98. The molecule has 1 N–H and O–H groups in total. The van der Waals surface area contributed by atoms with Crippen molar-refractivity contribution in [3.05, 3.63) is 62.8 Å². The third-order valence-electron chi connectivity index (χ3n) is 5.05. The molecular weight excluding hydrogens is 425 g/mol. The molecule has 0 amide bonds. The van der Waals surface area contributed by atoms with Gasteiger partial charge in [0, 0.05) is 23.8 Å². The van der Waals surface area contributed by atoms with Gasteiger partial charge in [-0.2, -0.15) is 0 Å². The summed E-state index contributed by atoms with van der Waals surface area (Å²) < 4.78 is 0. The normalized spacial score (nSPS) is 13.4. The van der Waals surface area contributed by atoms with E-state index in [0.717, 1.165) is 34.4 Å². The summed E-state index contributed by atoms with van der Waals surface area (Å²) in [4.78, 5) is 20.6. The predicted molar refractivity (Wildman–Crippen MR) is 119 cm³/mol. The van der Waals surface area contributed by atoms with Gasteiger partial charge in [-0.1, -0.05) is 29.3 Å². The van der Waals surface area contributed by atoms with E-state index >= 15 is 0 Å². The average Bonchev–Trinajstić information content (AvgIpc) is 3.13. The van der Waals surface area contributed by atoms with Gasteiger partial charge in [-0.15, -0.1) is 11.3 Å². The summed E-state index contributed by atoms with van der Waals surface area (Å²) in [7, 11) is 0. The molecule has 1 aliphatic rings. The second-order valence-corrected chi connectivity index (χ2v) is 8.88. The smallest absolute Gasteiger partial charge is 0.183 e. The van der Waals surface area contributed by atoms with Crippen molar-refractivity contribution in [2.24, 2.45) is 0 Å². The Morgan fingerprint density at radius 1 is 1.03 bits per heavy atom. The Bertz CT molecular complexity index is 1190. The van der Waals surface area contributed by atoms with Crippen molar-refractivity contribution in [1.82, 2.24) is 19.9 Å². The minimum atomic E-state index is 0.548. The molecule has 0 saturated carbocycles. The molecular formula is C21H17Cl2N5S. The Morgan fingerprint density at radius 2 is 1.93 bits per heavy atom. The van der Waals surface area contributed by atoms with Crippen molar-refractivity contribution in [3.63, 3.8) is 0 Å². The van der Waals surface area contributed by atoms with Gasteiger partial charge in [0.15, 0.2) is 5.82 Å². The van der Waals surface area contributed by atoms with E-state index < -0.39 is 0 Å². The molecule has 146 valence electrons. The van der Waals surface area contributed by atoms with E-state index in [2.05, 4.69) is 15.3 Å². The molecule has 3 aromatic heterocycles. The highest BCUT2D eigenvalue weighted by molar-refractivity contribution is 7.19. The summed E-state index contributed by atoms with van der Waals surface area (Å²) in [5.74, 6) is 1.42. The molecule has 1 aromatic carbocycles. The molecule has 0 unspecified atom stereocenters. The average molecular weight is 442 g/mol. The van der Waals surface area contributed by atoms with Crippen molar-refractivity contribution in [1.29, 1.82) is 0 Å². The predicted octanol–water partition coefficient (Wildman–Crippen LogP) is 5.95. The highest BCUT2D eigenvalue weighted by Crippen LogP contribution is 2.39. The molecule has 1 aliphatic carbocycles. The molecule has 0 aliphatic heterocycles. The van der Waals surface area contributed by atoms with Gasteiger partial charge >= 0.3 is 0 Å². The number of fused-ring (bicyclic) bond motifs is 3. The van der Waals surface area contributed by atoms with Gasteiger partial charge < -0.3 is 5.32 Å². The van der Waals surface area contributed by atoms with Gasteiger partial charge in [-0.25, -0.2) is 15.0 Å². The topological polar surface area (TPSA) is 63.6 Å². The van der Waals surface area contributed by atoms with Crippen LogP contribution in [0.15, 0.2) is 36.8 Å². The van der Waals surface area contributed by atoms with E-state index in [1.807, 2.05) is 18.2 Å².